The van der Waals surface area contributed by atoms with Gasteiger partial charge in [0.2, 0.25) is 10.0 Å². The summed E-state index contributed by atoms with van der Waals surface area (Å²) >= 11 is 0. The molecule has 0 aromatic carbocycles. The summed E-state index contributed by atoms with van der Waals surface area (Å²) in [5.41, 5.74) is 5.99. The Labute approximate surface area is 114 Å². The average molecular weight is 284 g/mol. The van der Waals surface area contributed by atoms with E-state index in [4.69, 9.17) is 5.73 Å². The van der Waals surface area contributed by atoms with Gasteiger partial charge in [-0.1, -0.05) is 0 Å². The normalized spacial score (nSPS) is 18.9. The number of hydrogen-bond acceptors (Lipinski definition) is 5. The molecule has 1 saturated heterocycles. The van der Waals surface area contributed by atoms with Crippen LogP contribution in [0.4, 0.5) is 5.69 Å². The fourth-order valence-corrected chi connectivity index (χ4v) is 3.79. The zero-order valence-electron chi connectivity index (χ0n) is 11.3. The maximum atomic E-state index is 12.5. The Bertz CT molecular complexity index is 538. The molecule has 0 saturated carbocycles. The Hall–Kier alpha value is -1.18. The van der Waals surface area contributed by atoms with Crippen molar-refractivity contribution in [2.45, 2.75) is 23.8 Å². The summed E-state index contributed by atoms with van der Waals surface area (Å²) in [6.45, 7) is 1.82. The highest BCUT2D eigenvalue weighted by Crippen LogP contribution is 2.24. The summed E-state index contributed by atoms with van der Waals surface area (Å²) < 4.78 is 26.5. The number of aromatic nitrogens is 1. The monoisotopic (exact) mass is 284 g/mol. The summed E-state index contributed by atoms with van der Waals surface area (Å²) in [4.78, 5) is 6.15. The lowest BCUT2D eigenvalue weighted by Gasteiger charge is -2.34. The maximum Gasteiger partial charge on any atom is 0.246 e. The highest BCUT2D eigenvalue weighted by molar-refractivity contribution is 7.89. The van der Waals surface area contributed by atoms with Crippen LogP contribution in [0.25, 0.3) is 0 Å². The standard InChI is InChI=1S/C12H20N4O2S/c1-15-7-4-10(5-8-15)16(2)19(17,18)12-9-14-6-3-11(12)13/h3,6,9-10H,4-5,7-8H2,1-2H3,(H2,13,14). The van der Waals surface area contributed by atoms with E-state index >= 15 is 0 Å². The van der Waals surface area contributed by atoms with Gasteiger partial charge >= 0.3 is 0 Å². The predicted molar refractivity (Wildman–Crippen MR) is 74.1 cm³/mol. The molecule has 0 unspecified atom stereocenters. The Morgan fingerprint density at radius 2 is 2.05 bits per heavy atom. The molecule has 0 aliphatic carbocycles. The fraction of sp³-hybridized carbons (Fsp3) is 0.583. The minimum absolute atomic E-state index is 0.0285. The molecule has 6 nitrogen and oxygen atoms in total. The first-order valence-corrected chi connectivity index (χ1v) is 7.73. The molecule has 106 valence electrons. The van der Waals surface area contributed by atoms with E-state index in [1.165, 1.54) is 22.8 Å². The molecule has 19 heavy (non-hydrogen) atoms. The third-order valence-corrected chi connectivity index (χ3v) is 5.63. The lowest BCUT2D eigenvalue weighted by Crippen LogP contribution is -2.44. The first-order chi connectivity index (χ1) is 8.93. The third-order valence-electron chi connectivity index (χ3n) is 3.68. The van der Waals surface area contributed by atoms with E-state index in [0.717, 1.165) is 25.9 Å². The molecule has 0 radical (unpaired) electrons. The Morgan fingerprint density at radius 3 is 2.63 bits per heavy atom. The molecule has 0 atom stereocenters. The van der Waals surface area contributed by atoms with Crippen LogP contribution in [0.1, 0.15) is 12.8 Å². The zero-order valence-corrected chi connectivity index (χ0v) is 12.1. The van der Waals surface area contributed by atoms with Crippen LogP contribution in [-0.2, 0) is 10.0 Å². The smallest absolute Gasteiger partial charge is 0.246 e. The van der Waals surface area contributed by atoms with Gasteiger partial charge in [0.15, 0.2) is 0 Å². The molecule has 2 heterocycles. The highest BCUT2D eigenvalue weighted by atomic mass is 32.2. The fourth-order valence-electron chi connectivity index (χ4n) is 2.32. The van der Waals surface area contributed by atoms with Gasteiger partial charge in [-0.15, -0.1) is 0 Å². The lowest BCUT2D eigenvalue weighted by atomic mass is 10.1. The first kappa shape index (κ1) is 14.2. The van der Waals surface area contributed by atoms with Crippen molar-refractivity contribution in [3.63, 3.8) is 0 Å². The van der Waals surface area contributed by atoms with Gasteiger partial charge in [0.25, 0.3) is 0 Å². The molecular weight excluding hydrogens is 264 g/mol. The molecule has 2 N–H and O–H groups in total. The number of hydrogen-bond donors (Lipinski definition) is 1. The number of nitrogens with zero attached hydrogens (tertiary/aromatic N) is 3. The molecular formula is C12H20N4O2S. The lowest BCUT2D eigenvalue weighted by molar-refractivity contribution is 0.197. The molecule has 0 bridgehead atoms. The first-order valence-electron chi connectivity index (χ1n) is 6.29. The van der Waals surface area contributed by atoms with Gasteiger partial charge in [0, 0.05) is 25.5 Å². The van der Waals surface area contributed by atoms with Gasteiger partial charge in [0.1, 0.15) is 4.90 Å². The van der Waals surface area contributed by atoms with E-state index in [9.17, 15) is 8.42 Å². The molecule has 1 fully saturated rings. The van der Waals surface area contributed by atoms with E-state index in [0.29, 0.717) is 0 Å². The number of nitrogens with two attached hydrogens (primary N) is 1. The molecule has 1 aliphatic rings. The molecule has 0 amide bonds. The van der Waals surface area contributed by atoms with Crippen molar-refractivity contribution < 1.29 is 8.42 Å². The van der Waals surface area contributed by atoms with Crippen LogP contribution in [-0.4, -0.2) is 55.8 Å². The van der Waals surface area contributed by atoms with Crippen molar-refractivity contribution in [3.8, 4) is 0 Å². The molecule has 1 aromatic rings. The third kappa shape index (κ3) is 2.88. The molecule has 0 spiro atoms. The van der Waals surface area contributed by atoms with Crippen LogP contribution in [0.3, 0.4) is 0 Å². The van der Waals surface area contributed by atoms with Gasteiger partial charge < -0.3 is 10.6 Å². The van der Waals surface area contributed by atoms with Crippen LogP contribution in [0.15, 0.2) is 23.4 Å². The Balaban J connectivity index is 2.23. The summed E-state index contributed by atoms with van der Waals surface area (Å²) in [6, 6.07) is 1.54. The minimum atomic E-state index is -3.56. The van der Waals surface area contributed by atoms with Gasteiger partial charge in [-0.2, -0.15) is 4.31 Å². The Morgan fingerprint density at radius 1 is 1.42 bits per heavy atom. The number of piperidine rings is 1. The summed E-state index contributed by atoms with van der Waals surface area (Å²) in [5.74, 6) is 0. The molecule has 2 rings (SSSR count). The van der Waals surface area contributed by atoms with Crippen LogP contribution >= 0.6 is 0 Å². The maximum absolute atomic E-state index is 12.5. The van der Waals surface area contributed by atoms with Crippen molar-refractivity contribution in [1.29, 1.82) is 0 Å². The van der Waals surface area contributed by atoms with Crippen LogP contribution in [0, 0.1) is 0 Å². The zero-order chi connectivity index (χ0) is 14.0. The number of nitrogen functional groups attached to an aromatic ring is 1. The topological polar surface area (TPSA) is 79.5 Å². The summed E-state index contributed by atoms with van der Waals surface area (Å²) in [6.07, 6.45) is 4.48. The summed E-state index contributed by atoms with van der Waals surface area (Å²) in [5, 5.41) is 0. The van der Waals surface area contributed by atoms with Gasteiger partial charge in [0.05, 0.1) is 5.69 Å². The minimum Gasteiger partial charge on any atom is -0.398 e. The second kappa shape index (κ2) is 5.44. The van der Waals surface area contributed by atoms with Crippen LogP contribution in [0.5, 0.6) is 0 Å². The van der Waals surface area contributed by atoms with Gasteiger partial charge in [-0.25, -0.2) is 8.42 Å². The number of sulfonamides is 1. The summed E-state index contributed by atoms with van der Waals surface area (Å²) in [7, 11) is 0.109. The second-order valence-corrected chi connectivity index (χ2v) is 6.94. The van der Waals surface area contributed by atoms with Crippen molar-refractivity contribution in [2.75, 3.05) is 32.9 Å². The van der Waals surface area contributed by atoms with E-state index in [1.54, 1.807) is 7.05 Å². The van der Waals surface area contributed by atoms with E-state index in [1.807, 2.05) is 7.05 Å². The quantitative estimate of drug-likeness (QED) is 0.868. The molecule has 7 heteroatoms. The number of rotatable bonds is 3. The van der Waals surface area contributed by atoms with Gasteiger partial charge in [-0.05, 0) is 39.0 Å². The van der Waals surface area contributed by atoms with Crippen molar-refractivity contribution in [2.24, 2.45) is 0 Å². The van der Waals surface area contributed by atoms with Crippen molar-refractivity contribution in [3.05, 3.63) is 18.5 Å². The average Bonchev–Trinajstić information content (AvgIpc) is 2.39. The predicted octanol–water partition coefficient (Wildman–Crippen LogP) is 0.378. The van der Waals surface area contributed by atoms with Crippen LogP contribution in [0.2, 0.25) is 0 Å². The van der Waals surface area contributed by atoms with Gasteiger partial charge in [-0.3, -0.25) is 4.98 Å². The SMILES string of the molecule is CN1CCC(N(C)S(=O)(=O)c2cnccc2N)CC1. The largest absolute Gasteiger partial charge is 0.398 e. The molecule has 1 aromatic heterocycles. The second-order valence-electron chi connectivity index (χ2n) is 4.97. The van der Waals surface area contributed by atoms with E-state index in [2.05, 4.69) is 9.88 Å². The number of likely N-dealkylation sites (tertiary alicyclic amines) is 1. The van der Waals surface area contributed by atoms with E-state index in [-0.39, 0.29) is 16.6 Å². The van der Waals surface area contributed by atoms with E-state index < -0.39 is 10.0 Å². The highest BCUT2D eigenvalue weighted by Gasteiger charge is 2.31. The number of anilines is 1. The van der Waals surface area contributed by atoms with Crippen LogP contribution < -0.4 is 5.73 Å². The number of pyridine rings is 1. The molecule has 1 aliphatic heterocycles. The Kier molecular flexibility index (Phi) is 4.07. The van der Waals surface area contributed by atoms with Crippen molar-refractivity contribution >= 4 is 15.7 Å². The van der Waals surface area contributed by atoms with Crippen molar-refractivity contribution in [1.82, 2.24) is 14.2 Å².